The maximum absolute atomic E-state index is 11.2. The van der Waals surface area contributed by atoms with Gasteiger partial charge in [-0.1, -0.05) is 6.07 Å². The second-order valence-corrected chi connectivity index (χ2v) is 3.15. The van der Waals surface area contributed by atoms with Gasteiger partial charge in [-0.2, -0.15) is 5.10 Å². The maximum atomic E-state index is 11.2. The summed E-state index contributed by atoms with van der Waals surface area (Å²) in [6.07, 6.45) is 1.63. The van der Waals surface area contributed by atoms with Gasteiger partial charge in [0.05, 0.1) is 0 Å². The van der Waals surface area contributed by atoms with Crippen LogP contribution in [-0.2, 0) is 0 Å². The number of nitrogens with one attached hydrogen (secondary N) is 1. The van der Waals surface area contributed by atoms with Gasteiger partial charge in [0.1, 0.15) is 5.69 Å². The molecule has 0 aliphatic rings. The van der Waals surface area contributed by atoms with Crippen LogP contribution >= 0.6 is 0 Å². The molecule has 2 aromatic rings. The number of aromatic amines is 1. The molecule has 14 heavy (non-hydrogen) atoms. The molecule has 0 fully saturated rings. The normalized spacial score (nSPS) is 10.0. The lowest BCUT2D eigenvalue weighted by molar-refractivity contribution is 0.974. The van der Waals surface area contributed by atoms with E-state index in [1.807, 2.05) is 6.07 Å². The van der Waals surface area contributed by atoms with E-state index in [2.05, 4.69) is 36.5 Å². The molecule has 0 saturated heterocycles. The highest BCUT2D eigenvalue weighted by molar-refractivity contribution is 6.30. The van der Waals surface area contributed by atoms with Crippen molar-refractivity contribution < 1.29 is 0 Å². The molecule has 2 heterocycles. The van der Waals surface area contributed by atoms with Crippen LogP contribution in [-0.4, -0.2) is 36.5 Å². The minimum absolute atomic E-state index is 0.268. The van der Waals surface area contributed by atoms with Crippen molar-refractivity contribution in [2.45, 2.75) is 0 Å². The fourth-order valence-corrected chi connectivity index (χ4v) is 1.09. The second-order valence-electron chi connectivity index (χ2n) is 2.60. The summed E-state index contributed by atoms with van der Waals surface area (Å²) >= 11 is 2.21. The molecule has 5 nitrogen and oxygen atoms in total. The van der Waals surface area contributed by atoms with Crippen molar-refractivity contribution in [1.29, 1.82) is 0 Å². The van der Waals surface area contributed by atoms with E-state index in [0.717, 1.165) is 0 Å². The van der Waals surface area contributed by atoms with Gasteiger partial charge in [0, 0.05) is 10.8 Å². The predicted molar refractivity (Wildman–Crippen MR) is 51.3 cm³/mol. The molecule has 0 atom stereocenters. The summed E-state index contributed by atoms with van der Waals surface area (Å²) in [5.74, 6) is 0.377. The summed E-state index contributed by atoms with van der Waals surface area (Å²) in [7, 11) is 0. The van der Waals surface area contributed by atoms with E-state index in [0.29, 0.717) is 11.5 Å². The van der Waals surface area contributed by atoms with Crippen LogP contribution in [0.2, 0.25) is 0 Å². The first-order chi connectivity index (χ1) is 6.77. The molecule has 2 aromatic heterocycles. The van der Waals surface area contributed by atoms with E-state index < -0.39 is 0 Å². The first-order valence-electron chi connectivity index (χ1n) is 3.91. The van der Waals surface area contributed by atoms with Gasteiger partial charge in [0.25, 0.3) is 5.56 Å². The zero-order chi connectivity index (χ0) is 9.97. The van der Waals surface area contributed by atoms with E-state index in [1.165, 1.54) is 0 Å². The SMILES string of the molecule is O=c1[nH]c(-c2ccccn2)nn[c]1[Al]. The zero-order valence-electron chi connectivity index (χ0n) is 7.14. The number of hydrogen-bond acceptors (Lipinski definition) is 4. The molecule has 0 unspecified atom stereocenters. The lowest BCUT2D eigenvalue weighted by atomic mass is 10.3. The summed E-state index contributed by atoms with van der Waals surface area (Å²) in [5, 5.41) is 7.50. The van der Waals surface area contributed by atoms with Crippen molar-refractivity contribution in [2.75, 3.05) is 0 Å². The largest absolute Gasteiger partial charge is 0.304 e. The van der Waals surface area contributed by atoms with Crippen molar-refractivity contribution in [3.05, 3.63) is 34.7 Å². The van der Waals surface area contributed by atoms with Crippen molar-refractivity contribution in [1.82, 2.24) is 20.2 Å². The van der Waals surface area contributed by atoms with Crippen LogP contribution in [0, 0.1) is 0 Å². The Hall–Kier alpha value is -1.51. The molecule has 0 aliphatic carbocycles. The van der Waals surface area contributed by atoms with E-state index in [4.69, 9.17) is 0 Å². The Labute approximate surface area is 87.7 Å². The first kappa shape index (κ1) is 9.06. The molecular weight excluding hydrogens is 195 g/mol. The van der Waals surface area contributed by atoms with Crippen LogP contribution in [0.4, 0.5) is 0 Å². The van der Waals surface area contributed by atoms with Crippen LogP contribution in [0.25, 0.3) is 11.5 Å². The van der Waals surface area contributed by atoms with Gasteiger partial charge in [-0.15, -0.1) is 5.10 Å². The Kier molecular flexibility index (Phi) is 2.40. The Morgan fingerprint density at radius 2 is 2.14 bits per heavy atom. The molecule has 0 spiro atoms. The Bertz CT molecular complexity index is 496. The standard InChI is InChI=1S/C8H5N4O.Al/c13-7-5-10-12-8(11-7)6-3-1-2-4-9-6;/h1-4H,(H,11,12,13);. The van der Waals surface area contributed by atoms with E-state index >= 15 is 0 Å². The van der Waals surface area contributed by atoms with Crippen LogP contribution in [0.1, 0.15) is 0 Å². The topological polar surface area (TPSA) is 71.5 Å². The molecule has 0 saturated carbocycles. The van der Waals surface area contributed by atoms with Gasteiger partial charge in [-0.3, -0.25) is 9.78 Å². The minimum Gasteiger partial charge on any atom is -0.304 e. The predicted octanol–water partition coefficient (Wildman–Crippen LogP) is -0.979. The highest BCUT2D eigenvalue weighted by Crippen LogP contribution is 2.05. The molecule has 0 bridgehead atoms. The molecular formula is C8H5AlN4O. The third-order valence-corrected chi connectivity index (χ3v) is 2.01. The van der Waals surface area contributed by atoms with E-state index in [1.54, 1.807) is 18.3 Å². The Morgan fingerprint density at radius 1 is 1.29 bits per heavy atom. The fourth-order valence-electron chi connectivity index (χ4n) is 0.964. The molecule has 66 valence electrons. The molecule has 2 rings (SSSR count). The summed E-state index contributed by atoms with van der Waals surface area (Å²) in [4.78, 5) is 17.8. The maximum Gasteiger partial charge on any atom is 0.252 e. The molecule has 2 radical (unpaired) electrons. The molecule has 0 amide bonds. The van der Waals surface area contributed by atoms with Crippen LogP contribution < -0.4 is 10.1 Å². The molecule has 6 heteroatoms. The van der Waals surface area contributed by atoms with Crippen molar-refractivity contribution in [2.24, 2.45) is 0 Å². The van der Waals surface area contributed by atoms with E-state index in [-0.39, 0.29) is 10.1 Å². The minimum atomic E-state index is -0.273. The number of H-pyrrole nitrogens is 1. The number of hydrogen-bond donors (Lipinski definition) is 1. The quantitative estimate of drug-likeness (QED) is 0.600. The zero-order valence-corrected chi connectivity index (χ0v) is 8.29. The number of pyridine rings is 1. The second kappa shape index (κ2) is 3.70. The van der Waals surface area contributed by atoms with Gasteiger partial charge in [0.15, 0.2) is 5.82 Å². The van der Waals surface area contributed by atoms with Gasteiger partial charge in [-0.05, 0) is 12.1 Å². The van der Waals surface area contributed by atoms with Gasteiger partial charge in [0.2, 0.25) is 16.3 Å². The molecule has 1 N–H and O–H groups in total. The van der Waals surface area contributed by atoms with E-state index in [9.17, 15) is 4.79 Å². The average Bonchev–Trinajstić information content (AvgIpc) is 2.23. The van der Waals surface area contributed by atoms with Crippen LogP contribution in [0.5, 0.6) is 0 Å². The van der Waals surface area contributed by atoms with Crippen molar-refractivity contribution in [3.8, 4) is 11.5 Å². The van der Waals surface area contributed by atoms with Crippen LogP contribution in [0.15, 0.2) is 29.2 Å². The Balaban J connectivity index is 2.54. The van der Waals surface area contributed by atoms with Crippen molar-refractivity contribution >= 4 is 20.8 Å². The Morgan fingerprint density at radius 3 is 2.79 bits per heavy atom. The highest BCUT2D eigenvalue weighted by Gasteiger charge is 2.02. The monoisotopic (exact) mass is 200 g/mol. The number of rotatable bonds is 1. The summed E-state index contributed by atoms with van der Waals surface area (Å²) in [6, 6.07) is 5.36. The smallest absolute Gasteiger partial charge is 0.252 e. The number of nitrogens with zero attached hydrogens (tertiary/aromatic N) is 3. The lowest BCUT2D eigenvalue weighted by Crippen LogP contribution is -2.32. The third kappa shape index (κ3) is 1.71. The molecule has 0 aliphatic heterocycles. The third-order valence-electron chi connectivity index (χ3n) is 1.63. The summed E-state index contributed by atoms with van der Waals surface area (Å²) in [5.41, 5.74) is 0.327. The first-order valence-corrected chi connectivity index (χ1v) is 4.49. The van der Waals surface area contributed by atoms with Gasteiger partial charge in [-0.25, -0.2) is 0 Å². The summed E-state index contributed by atoms with van der Waals surface area (Å²) in [6.45, 7) is 0. The molecule has 0 aromatic carbocycles. The summed E-state index contributed by atoms with van der Waals surface area (Å²) < 4.78 is 0.268. The highest BCUT2D eigenvalue weighted by atomic mass is 27.0. The van der Waals surface area contributed by atoms with Crippen molar-refractivity contribution in [3.63, 3.8) is 0 Å². The van der Waals surface area contributed by atoms with Crippen LogP contribution in [0.3, 0.4) is 0 Å². The van der Waals surface area contributed by atoms with Gasteiger partial charge < -0.3 is 4.98 Å². The average molecular weight is 200 g/mol. The van der Waals surface area contributed by atoms with Gasteiger partial charge >= 0.3 is 0 Å². The fraction of sp³-hybridized carbons (Fsp3) is 0. The lowest BCUT2D eigenvalue weighted by Gasteiger charge is -1.98. The number of aromatic nitrogens is 4.